The summed E-state index contributed by atoms with van der Waals surface area (Å²) in [7, 11) is 1.61. The van der Waals surface area contributed by atoms with Gasteiger partial charge in [0.2, 0.25) is 0 Å². The van der Waals surface area contributed by atoms with Crippen molar-refractivity contribution in [3.05, 3.63) is 88.7 Å². The number of nitrogens with one attached hydrogen (secondary N) is 1. The summed E-state index contributed by atoms with van der Waals surface area (Å²) in [6, 6.07) is 19.5. The summed E-state index contributed by atoms with van der Waals surface area (Å²) >= 11 is 6.20. The van der Waals surface area contributed by atoms with E-state index in [1.54, 1.807) is 19.2 Å². The fraction of sp³-hybridized carbons (Fsp3) is 0.143. The van der Waals surface area contributed by atoms with Crippen LogP contribution in [-0.4, -0.2) is 7.11 Å². The Bertz CT molecular complexity index is 868. The minimum Gasteiger partial charge on any atom is -0.493 e. The molecule has 0 aliphatic rings. The number of methoxy groups -OCH3 is 1. The molecule has 0 radical (unpaired) electrons. The van der Waals surface area contributed by atoms with E-state index in [4.69, 9.17) is 21.1 Å². The molecule has 0 spiro atoms. The molecule has 26 heavy (non-hydrogen) atoms. The number of rotatable bonds is 7. The monoisotopic (exact) mass is 371 g/mol. The average Bonchev–Trinajstić information content (AvgIpc) is 2.67. The summed E-state index contributed by atoms with van der Waals surface area (Å²) in [5.41, 5.74) is 2.66. The van der Waals surface area contributed by atoms with Crippen LogP contribution in [0, 0.1) is 5.82 Å². The van der Waals surface area contributed by atoms with E-state index in [0.717, 1.165) is 16.8 Å². The van der Waals surface area contributed by atoms with Crippen molar-refractivity contribution in [1.82, 2.24) is 0 Å². The topological polar surface area (TPSA) is 30.5 Å². The highest BCUT2D eigenvalue weighted by Gasteiger charge is 2.12. The van der Waals surface area contributed by atoms with Crippen LogP contribution in [0.4, 0.5) is 10.1 Å². The van der Waals surface area contributed by atoms with Crippen LogP contribution in [0.5, 0.6) is 11.5 Å². The van der Waals surface area contributed by atoms with Gasteiger partial charge in [-0.05, 0) is 36.4 Å². The van der Waals surface area contributed by atoms with Gasteiger partial charge in [0.05, 0.1) is 7.11 Å². The molecule has 3 aromatic rings. The van der Waals surface area contributed by atoms with Crippen LogP contribution in [0.1, 0.15) is 11.1 Å². The van der Waals surface area contributed by atoms with Gasteiger partial charge in [0.1, 0.15) is 12.4 Å². The first-order chi connectivity index (χ1) is 12.7. The quantitative estimate of drug-likeness (QED) is 0.579. The first kappa shape index (κ1) is 18.1. The Balaban J connectivity index is 1.77. The average molecular weight is 372 g/mol. The highest BCUT2D eigenvalue weighted by atomic mass is 35.5. The van der Waals surface area contributed by atoms with Crippen LogP contribution in [0.25, 0.3) is 0 Å². The van der Waals surface area contributed by atoms with Crippen LogP contribution >= 0.6 is 11.6 Å². The molecule has 0 unspecified atom stereocenters. The Kier molecular flexibility index (Phi) is 5.97. The summed E-state index contributed by atoms with van der Waals surface area (Å²) in [5.74, 6) is 1.04. The van der Waals surface area contributed by atoms with Gasteiger partial charge < -0.3 is 14.8 Å². The molecule has 0 aromatic heterocycles. The van der Waals surface area contributed by atoms with E-state index in [-0.39, 0.29) is 5.82 Å². The zero-order valence-electron chi connectivity index (χ0n) is 14.3. The molecule has 0 aliphatic carbocycles. The second kappa shape index (κ2) is 8.59. The number of anilines is 1. The maximum absolute atomic E-state index is 13.0. The molecule has 0 bridgehead atoms. The highest BCUT2D eigenvalue weighted by Crippen LogP contribution is 2.33. The fourth-order valence-electron chi connectivity index (χ4n) is 2.56. The molecule has 0 aliphatic heterocycles. The number of benzene rings is 3. The minimum atomic E-state index is -0.263. The Hall–Kier alpha value is -2.72. The number of ether oxygens (including phenoxy) is 2. The van der Waals surface area contributed by atoms with Gasteiger partial charge in [0.15, 0.2) is 11.5 Å². The second-order valence-electron chi connectivity index (χ2n) is 5.69. The van der Waals surface area contributed by atoms with Gasteiger partial charge in [-0.15, -0.1) is 0 Å². The molecule has 0 fully saturated rings. The van der Waals surface area contributed by atoms with Crippen LogP contribution in [0.2, 0.25) is 5.02 Å². The van der Waals surface area contributed by atoms with Crippen LogP contribution in [-0.2, 0) is 13.2 Å². The molecule has 3 nitrogen and oxygen atoms in total. The van der Waals surface area contributed by atoms with E-state index >= 15 is 0 Å². The van der Waals surface area contributed by atoms with E-state index in [1.165, 1.54) is 12.1 Å². The normalized spacial score (nSPS) is 10.4. The molecule has 3 rings (SSSR count). The van der Waals surface area contributed by atoms with E-state index in [9.17, 15) is 4.39 Å². The molecule has 0 heterocycles. The van der Waals surface area contributed by atoms with E-state index in [0.29, 0.717) is 29.7 Å². The summed E-state index contributed by atoms with van der Waals surface area (Å²) in [6.07, 6.45) is 0. The van der Waals surface area contributed by atoms with Crippen LogP contribution in [0.3, 0.4) is 0 Å². The molecule has 1 N–H and O–H groups in total. The Labute approximate surface area is 157 Å². The number of hydrogen-bond acceptors (Lipinski definition) is 3. The maximum Gasteiger partial charge on any atom is 0.166 e. The van der Waals surface area contributed by atoms with E-state index < -0.39 is 0 Å². The lowest BCUT2D eigenvalue weighted by Crippen LogP contribution is -2.05. The molecular formula is C21H19ClFNO2. The molecule has 0 saturated carbocycles. The van der Waals surface area contributed by atoms with E-state index in [1.807, 2.05) is 42.5 Å². The fourth-order valence-corrected chi connectivity index (χ4v) is 2.75. The summed E-state index contributed by atoms with van der Waals surface area (Å²) in [4.78, 5) is 0. The molecule has 5 heteroatoms. The standard InChI is InChI=1S/C21H19ClFNO2/c1-25-20-8-4-6-15(13-24-18-11-9-17(23)10-12-18)21(20)26-14-16-5-2-3-7-19(16)22/h2-12,24H,13-14H2,1H3. The Morgan fingerprint density at radius 3 is 2.38 bits per heavy atom. The highest BCUT2D eigenvalue weighted by molar-refractivity contribution is 6.31. The van der Waals surface area contributed by atoms with Crippen LogP contribution in [0.15, 0.2) is 66.7 Å². The summed E-state index contributed by atoms with van der Waals surface area (Å²) in [5, 5.41) is 3.92. The largest absolute Gasteiger partial charge is 0.493 e. The van der Waals surface area contributed by atoms with Gasteiger partial charge >= 0.3 is 0 Å². The zero-order valence-corrected chi connectivity index (χ0v) is 15.1. The predicted molar refractivity (Wildman–Crippen MR) is 103 cm³/mol. The Morgan fingerprint density at radius 1 is 0.923 bits per heavy atom. The first-order valence-electron chi connectivity index (χ1n) is 8.19. The van der Waals surface area contributed by atoms with Crippen molar-refractivity contribution in [2.75, 3.05) is 12.4 Å². The smallest absolute Gasteiger partial charge is 0.166 e. The molecular weight excluding hydrogens is 353 g/mol. The lowest BCUT2D eigenvalue weighted by atomic mass is 10.1. The summed E-state index contributed by atoms with van der Waals surface area (Å²) < 4.78 is 24.5. The van der Waals surface area contributed by atoms with Gasteiger partial charge in [0, 0.05) is 28.4 Å². The van der Waals surface area contributed by atoms with Crippen molar-refractivity contribution in [1.29, 1.82) is 0 Å². The third kappa shape index (κ3) is 4.46. The van der Waals surface area contributed by atoms with Crippen LogP contribution < -0.4 is 14.8 Å². The first-order valence-corrected chi connectivity index (χ1v) is 8.56. The Morgan fingerprint density at radius 2 is 1.65 bits per heavy atom. The van der Waals surface area contributed by atoms with Gasteiger partial charge in [-0.2, -0.15) is 0 Å². The molecule has 134 valence electrons. The zero-order chi connectivity index (χ0) is 18.4. The summed E-state index contributed by atoms with van der Waals surface area (Å²) in [6.45, 7) is 0.851. The number of halogens is 2. The number of para-hydroxylation sites is 1. The lowest BCUT2D eigenvalue weighted by molar-refractivity contribution is 0.282. The van der Waals surface area contributed by atoms with Gasteiger partial charge in [-0.25, -0.2) is 4.39 Å². The van der Waals surface area contributed by atoms with Crippen molar-refractivity contribution < 1.29 is 13.9 Å². The van der Waals surface area contributed by atoms with Gasteiger partial charge in [-0.3, -0.25) is 0 Å². The van der Waals surface area contributed by atoms with Crippen molar-refractivity contribution in [3.63, 3.8) is 0 Å². The third-order valence-electron chi connectivity index (χ3n) is 3.94. The molecule has 0 saturated heterocycles. The van der Waals surface area contributed by atoms with E-state index in [2.05, 4.69) is 5.32 Å². The molecule has 3 aromatic carbocycles. The second-order valence-corrected chi connectivity index (χ2v) is 6.10. The SMILES string of the molecule is COc1cccc(CNc2ccc(F)cc2)c1OCc1ccccc1Cl. The van der Waals surface area contributed by atoms with Crippen molar-refractivity contribution in [2.24, 2.45) is 0 Å². The van der Waals surface area contributed by atoms with Crippen molar-refractivity contribution in [3.8, 4) is 11.5 Å². The maximum atomic E-state index is 13.0. The van der Waals surface area contributed by atoms with Gasteiger partial charge in [-0.1, -0.05) is 41.9 Å². The predicted octanol–water partition coefficient (Wildman–Crippen LogP) is 5.68. The van der Waals surface area contributed by atoms with Crippen molar-refractivity contribution in [2.45, 2.75) is 13.2 Å². The molecule has 0 atom stereocenters. The van der Waals surface area contributed by atoms with Crippen molar-refractivity contribution >= 4 is 17.3 Å². The lowest BCUT2D eigenvalue weighted by Gasteiger charge is -2.16. The molecule has 0 amide bonds. The van der Waals surface area contributed by atoms with Gasteiger partial charge in [0.25, 0.3) is 0 Å². The minimum absolute atomic E-state index is 0.263. The number of hydrogen-bond donors (Lipinski definition) is 1. The third-order valence-corrected chi connectivity index (χ3v) is 4.31.